The quantitative estimate of drug-likeness (QED) is 0.172. The number of hydrogen-bond acceptors (Lipinski definition) is 7. The van der Waals surface area contributed by atoms with E-state index in [0.29, 0.717) is 28.4 Å². The monoisotopic (exact) mass is 463 g/mol. The zero-order valence-corrected chi connectivity index (χ0v) is 19.4. The topological polar surface area (TPSA) is 97.1 Å². The summed E-state index contributed by atoms with van der Waals surface area (Å²) in [5.41, 5.74) is 2.51. The minimum Gasteiger partial charge on any atom is -0.497 e. The van der Waals surface area contributed by atoms with Crippen molar-refractivity contribution >= 4 is 17.5 Å². The number of benzene rings is 3. The van der Waals surface area contributed by atoms with E-state index in [0.717, 1.165) is 11.1 Å². The molecule has 0 aromatic heterocycles. The highest BCUT2D eigenvalue weighted by Crippen LogP contribution is 2.30. The second kappa shape index (κ2) is 11.0. The first-order chi connectivity index (χ1) is 16.4. The van der Waals surface area contributed by atoms with E-state index in [1.807, 2.05) is 6.92 Å². The molecule has 0 bridgehead atoms. The second-order valence-electron chi connectivity index (χ2n) is 7.35. The molecule has 0 saturated carbocycles. The van der Waals surface area contributed by atoms with Crippen molar-refractivity contribution in [3.8, 4) is 23.0 Å². The molecule has 0 aliphatic heterocycles. The summed E-state index contributed by atoms with van der Waals surface area (Å²) in [6, 6.07) is 15.0. The molecule has 0 radical (unpaired) electrons. The third-order valence-corrected chi connectivity index (χ3v) is 5.10. The summed E-state index contributed by atoms with van der Waals surface area (Å²) in [5.74, 6) is 1.48. The van der Waals surface area contributed by atoms with Gasteiger partial charge in [0.25, 0.3) is 0 Å². The Bertz CT molecular complexity index is 1230. The third kappa shape index (κ3) is 5.72. The van der Waals surface area contributed by atoms with Crippen LogP contribution in [-0.2, 0) is 6.61 Å². The highest BCUT2D eigenvalue weighted by molar-refractivity contribution is 6.08. The molecule has 0 heterocycles. The molecule has 0 spiro atoms. The molecule has 0 fully saturated rings. The number of nitro groups is 1. The summed E-state index contributed by atoms with van der Waals surface area (Å²) in [5, 5.41) is 11.3. The molecule has 0 atom stereocenters. The molecule has 3 aromatic rings. The zero-order chi connectivity index (χ0) is 24.7. The molecule has 3 rings (SSSR count). The van der Waals surface area contributed by atoms with Crippen LogP contribution in [0.3, 0.4) is 0 Å². The predicted octanol–water partition coefficient (Wildman–Crippen LogP) is 5.40. The second-order valence-corrected chi connectivity index (χ2v) is 7.35. The van der Waals surface area contributed by atoms with Gasteiger partial charge in [-0.15, -0.1) is 0 Å². The van der Waals surface area contributed by atoms with Gasteiger partial charge in [0.1, 0.15) is 23.9 Å². The van der Waals surface area contributed by atoms with Gasteiger partial charge in [0.05, 0.1) is 31.8 Å². The number of aryl methyl sites for hydroxylation is 1. The summed E-state index contributed by atoms with van der Waals surface area (Å²) in [6.07, 6.45) is 3.11. The molecule has 176 valence electrons. The van der Waals surface area contributed by atoms with E-state index in [2.05, 4.69) is 0 Å². The molecule has 8 nitrogen and oxygen atoms in total. The molecule has 0 amide bonds. The van der Waals surface area contributed by atoms with Crippen LogP contribution in [0, 0.1) is 17.0 Å². The summed E-state index contributed by atoms with van der Waals surface area (Å²) in [4.78, 5) is 23.6. The number of carbonyl (C=O) groups excluding carboxylic acids is 1. The van der Waals surface area contributed by atoms with Gasteiger partial charge in [-0.3, -0.25) is 14.9 Å². The van der Waals surface area contributed by atoms with Gasteiger partial charge in [-0.05, 0) is 60.5 Å². The molecule has 0 aliphatic rings. The lowest BCUT2D eigenvalue weighted by Gasteiger charge is -2.12. The lowest BCUT2D eigenvalue weighted by molar-refractivity contribution is -0.386. The number of carbonyl (C=O) groups is 1. The van der Waals surface area contributed by atoms with Crippen LogP contribution in [0.25, 0.3) is 6.08 Å². The van der Waals surface area contributed by atoms with Gasteiger partial charge in [-0.25, -0.2) is 0 Å². The fourth-order valence-corrected chi connectivity index (χ4v) is 3.33. The van der Waals surface area contributed by atoms with Crippen molar-refractivity contribution in [3.05, 3.63) is 93.0 Å². The number of nitro benzene ring substituents is 1. The molecular formula is C26H25NO7. The van der Waals surface area contributed by atoms with Gasteiger partial charge in [0, 0.05) is 11.6 Å². The van der Waals surface area contributed by atoms with Crippen molar-refractivity contribution in [1.29, 1.82) is 0 Å². The fourth-order valence-electron chi connectivity index (χ4n) is 3.33. The number of ketones is 1. The van der Waals surface area contributed by atoms with Crippen molar-refractivity contribution in [2.75, 3.05) is 21.3 Å². The van der Waals surface area contributed by atoms with Crippen molar-refractivity contribution in [1.82, 2.24) is 0 Å². The number of ether oxygens (including phenoxy) is 4. The van der Waals surface area contributed by atoms with E-state index < -0.39 is 4.92 Å². The van der Waals surface area contributed by atoms with Crippen molar-refractivity contribution in [2.24, 2.45) is 0 Å². The first-order valence-corrected chi connectivity index (χ1v) is 10.4. The highest BCUT2D eigenvalue weighted by Gasteiger charge is 2.16. The summed E-state index contributed by atoms with van der Waals surface area (Å²) < 4.78 is 21.7. The van der Waals surface area contributed by atoms with Crippen LogP contribution in [0.1, 0.15) is 27.0 Å². The Morgan fingerprint density at radius 3 is 2.32 bits per heavy atom. The van der Waals surface area contributed by atoms with E-state index in [4.69, 9.17) is 18.9 Å². The lowest BCUT2D eigenvalue weighted by Crippen LogP contribution is -2.02. The van der Waals surface area contributed by atoms with Gasteiger partial charge in [0.15, 0.2) is 11.5 Å². The minimum absolute atomic E-state index is 0.0484. The van der Waals surface area contributed by atoms with Crippen LogP contribution >= 0.6 is 0 Å². The number of allylic oxidation sites excluding steroid dienone is 1. The Balaban J connectivity index is 1.84. The summed E-state index contributed by atoms with van der Waals surface area (Å²) >= 11 is 0. The predicted molar refractivity (Wildman–Crippen MR) is 128 cm³/mol. The Labute approximate surface area is 197 Å². The number of methoxy groups -OCH3 is 3. The van der Waals surface area contributed by atoms with Gasteiger partial charge in [-0.2, -0.15) is 0 Å². The van der Waals surface area contributed by atoms with E-state index in [1.54, 1.807) is 54.6 Å². The molecule has 34 heavy (non-hydrogen) atoms. The number of nitrogens with zero attached hydrogens (tertiary/aromatic N) is 1. The highest BCUT2D eigenvalue weighted by atomic mass is 16.6. The Kier molecular flexibility index (Phi) is 7.87. The van der Waals surface area contributed by atoms with Gasteiger partial charge in [0.2, 0.25) is 0 Å². The Hall–Kier alpha value is -4.33. The van der Waals surface area contributed by atoms with E-state index in [1.165, 1.54) is 33.5 Å². The first-order valence-electron chi connectivity index (χ1n) is 10.4. The lowest BCUT2D eigenvalue weighted by atomic mass is 10.1. The van der Waals surface area contributed by atoms with E-state index >= 15 is 0 Å². The maximum atomic E-state index is 12.8. The average molecular weight is 463 g/mol. The molecular weight excluding hydrogens is 438 g/mol. The largest absolute Gasteiger partial charge is 0.497 e. The number of hydrogen-bond donors (Lipinski definition) is 0. The molecule has 0 aliphatic carbocycles. The van der Waals surface area contributed by atoms with Crippen LogP contribution in [-0.4, -0.2) is 32.0 Å². The van der Waals surface area contributed by atoms with Crippen molar-refractivity contribution in [2.45, 2.75) is 13.5 Å². The van der Waals surface area contributed by atoms with E-state index in [9.17, 15) is 14.9 Å². The first kappa shape index (κ1) is 24.3. The van der Waals surface area contributed by atoms with Crippen molar-refractivity contribution in [3.63, 3.8) is 0 Å². The number of rotatable bonds is 10. The van der Waals surface area contributed by atoms with Crippen molar-refractivity contribution < 1.29 is 28.7 Å². The van der Waals surface area contributed by atoms with Gasteiger partial charge >= 0.3 is 5.69 Å². The van der Waals surface area contributed by atoms with Crippen LogP contribution in [0.2, 0.25) is 0 Å². The molecule has 0 saturated heterocycles. The Morgan fingerprint density at radius 1 is 0.912 bits per heavy atom. The minimum atomic E-state index is -0.483. The third-order valence-electron chi connectivity index (χ3n) is 5.10. The Morgan fingerprint density at radius 2 is 1.65 bits per heavy atom. The normalized spacial score (nSPS) is 10.7. The van der Waals surface area contributed by atoms with Crippen LogP contribution in [0.4, 0.5) is 5.69 Å². The molecule has 0 N–H and O–H groups in total. The SMILES string of the molecule is COc1ccc(OC)c(C(=O)/C=C/c2ccc(OC)c(COc3cc(C)ccc3[N+](=O)[O-])c2)c1. The molecule has 8 heteroatoms. The standard InChI is InChI=1S/C26H25NO7/c1-17-5-9-22(27(29)30)26(13-17)34-16-19-14-18(7-11-24(19)32-3)6-10-23(28)21-15-20(31-2)8-12-25(21)33-4/h5-15H,16H2,1-4H3/b10-6+. The summed E-state index contributed by atoms with van der Waals surface area (Å²) in [7, 11) is 4.55. The molecule has 3 aromatic carbocycles. The average Bonchev–Trinajstić information content (AvgIpc) is 2.85. The fraction of sp³-hybridized carbons (Fsp3) is 0.192. The zero-order valence-electron chi connectivity index (χ0n) is 19.4. The summed E-state index contributed by atoms with van der Waals surface area (Å²) in [6.45, 7) is 1.88. The maximum absolute atomic E-state index is 12.8. The molecule has 0 unspecified atom stereocenters. The maximum Gasteiger partial charge on any atom is 0.310 e. The van der Waals surface area contributed by atoms with Crippen LogP contribution in [0.5, 0.6) is 23.0 Å². The van der Waals surface area contributed by atoms with Crippen LogP contribution < -0.4 is 18.9 Å². The van der Waals surface area contributed by atoms with Gasteiger partial charge < -0.3 is 18.9 Å². The van der Waals surface area contributed by atoms with Gasteiger partial charge in [-0.1, -0.05) is 18.2 Å². The van der Waals surface area contributed by atoms with Crippen LogP contribution in [0.15, 0.2) is 60.7 Å². The van der Waals surface area contributed by atoms with E-state index in [-0.39, 0.29) is 23.8 Å². The smallest absolute Gasteiger partial charge is 0.310 e.